The molecule has 2 aromatic rings. The number of rotatable bonds is 1. The fraction of sp³-hybridized carbons (Fsp3) is 0.300. The van der Waals surface area contributed by atoms with Crippen LogP contribution in [0.3, 0.4) is 0 Å². The average Bonchev–Trinajstić information content (AvgIpc) is 3.00. The molecule has 3 heteroatoms. The fourth-order valence-electron chi connectivity index (χ4n) is 4.10. The van der Waals surface area contributed by atoms with E-state index in [2.05, 4.69) is 49.5 Å². The molecule has 1 heterocycles. The fourth-order valence-corrected chi connectivity index (χ4v) is 4.63. The first kappa shape index (κ1) is 15.1. The Kier molecular flexibility index (Phi) is 3.66. The number of aryl methyl sites for hydroxylation is 2. The van der Waals surface area contributed by atoms with Crippen molar-refractivity contribution >= 4 is 28.9 Å². The van der Waals surface area contributed by atoms with Crippen LogP contribution in [0.1, 0.15) is 40.6 Å². The van der Waals surface area contributed by atoms with E-state index in [9.17, 15) is 0 Å². The minimum Gasteiger partial charge on any atom is -0.377 e. The van der Waals surface area contributed by atoms with Crippen LogP contribution in [0.15, 0.2) is 42.5 Å². The number of fused-ring (bicyclic) bond motifs is 3. The molecule has 2 aliphatic rings. The Morgan fingerprint density at radius 1 is 1.04 bits per heavy atom. The Morgan fingerprint density at radius 3 is 2.61 bits per heavy atom. The van der Waals surface area contributed by atoms with E-state index in [1.54, 1.807) is 0 Å². The van der Waals surface area contributed by atoms with E-state index in [0.717, 1.165) is 17.0 Å². The highest BCUT2D eigenvalue weighted by molar-refractivity contribution is 6.35. The lowest BCUT2D eigenvalue weighted by atomic mass is 9.75. The SMILES string of the molecule is Cc1ccc(C)c2c1N[C@H](c1ccc(Cl)cc1Cl)[C@@H]1CC=C[C@H]21. The first-order valence-corrected chi connectivity index (χ1v) is 8.80. The second-order valence-electron chi connectivity index (χ2n) is 6.63. The van der Waals surface area contributed by atoms with Crippen LogP contribution in [-0.2, 0) is 0 Å². The quantitative estimate of drug-likeness (QED) is 0.587. The van der Waals surface area contributed by atoms with E-state index < -0.39 is 0 Å². The van der Waals surface area contributed by atoms with E-state index in [0.29, 0.717) is 16.9 Å². The summed E-state index contributed by atoms with van der Waals surface area (Å²) in [5, 5.41) is 5.21. The lowest BCUT2D eigenvalue weighted by Crippen LogP contribution is -2.30. The maximum absolute atomic E-state index is 6.51. The molecule has 0 amide bonds. The number of allylic oxidation sites excluding steroid dienone is 2. The van der Waals surface area contributed by atoms with Gasteiger partial charge in [0, 0.05) is 21.7 Å². The van der Waals surface area contributed by atoms with Gasteiger partial charge in [0.2, 0.25) is 0 Å². The summed E-state index contributed by atoms with van der Waals surface area (Å²) in [7, 11) is 0. The number of hydrogen-bond acceptors (Lipinski definition) is 1. The van der Waals surface area contributed by atoms with E-state index in [4.69, 9.17) is 23.2 Å². The van der Waals surface area contributed by atoms with Crippen molar-refractivity contribution in [1.29, 1.82) is 0 Å². The summed E-state index contributed by atoms with van der Waals surface area (Å²) in [4.78, 5) is 0. The first-order valence-electron chi connectivity index (χ1n) is 8.04. The third-order valence-corrected chi connectivity index (χ3v) is 5.81. The van der Waals surface area contributed by atoms with Gasteiger partial charge in [-0.05, 0) is 60.6 Å². The van der Waals surface area contributed by atoms with Gasteiger partial charge in [-0.2, -0.15) is 0 Å². The molecular formula is C20H19Cl2N. The Hall–Kier alpha value is -1.44. The van der Waals surface area contributed by atoms with Gasteiger partial charge in [0.1, 0.15) is 0 Å². The molecule has 0 radical (unpaired) electrons. The zero-order chi connectivity index (χ0) is 16.1. The van der Waals surface area contributed by atoms with Crippen LogP contribution in [-0.4, -0.2) is 0 Å². The first-order chi connectivity index (χ1) is 11.1. The second kappa shape index (κ2) is 5.58. The van der Waals surface area contributed by atoms with E-state index in [1.165, 1.54) is 22.4 Å². The summed E-state index contributed by atoms with van der Waals surface area (Å²) < 4.78 is 0. The minimum atomic E-state index is 0.216. The molecule has 1 aliphatic carbocycles. The summed E-state index contributed by atoms with van der Waals surface area (Å²) in [6.07, 6.45) is 5.76. The molecule has 0 aromatic heterocycles. The summed E-state index contributed by atoms with van der Waals surface area (Å²) in [5.74, 6) is 0.963. The smallest absolute Gasteiger partial charge is 0.0568 e. The van der Waals surface area contributed by atoms with Crippen molar-refractivity contribution < 1.29 is 0 Å². The lowest BCUT2D eigenvalue weighted by molar-refractivity contribution is 0.424. The maximum atomic E-state index is 6.51. The molecule has 1 nitrogen and oxygen atoms in total. The van der Waals surface area contributed by atoms with Gasteiger partial charge < -0.3 is 5.32 Å². The number of anilines is 1. The van der Waals surface area contributed by atoms with Crippen LogP contribution >= 0.6 is 23.2 Å². The molecule has 118 valence electrons. The normalized spacial score (nSPS) is 25.0. The summed E-state index contributed by atoms with van der Waals surface area (Å²) in [5.41, 5.74) is 6.51. The standard InChI is InChI=1S/C20H19Cl2N/c1-11-6-7-12(2)19-18(11)14-4-3-5-15(14)20(23-19)16-9-8-13(21)10-17(16)22/h3-4,6-10,14-15,20,23H,5H2,1-2H3/t14-,15+,20-/m0/s1. The zero-order valence-electron chi connectivity index (χ0n) is 13.2. The van der Waals surface area contributed by atoms with Crippen LogP contribution in [0.5, 0.6) is 0 Å². The van der Waals surface area contributed by atoms with Crippen molar-refractivity contribution in [3.05, 3.63) is 74.8 Å². The van der Waals surface area contributed by atoms with Crippen LogP contribution in [0.4, 0.5) is 5.69 Å². The second-order valence-corrected chi connectivity index (χ2v) is 7.47. The Labute approximate surface area is 147 Å². The lowest BCUT2D eigenvalue weighted by Gasteiger charge is -2.39. The van der Waals surface area contributed by atoms with Gasteiger partial charge in [-0.25, -0.2) is 0 Å². The van der Waals surface area contributed by atoms with Gasteiger partial charge in [0.15, 0.2) is 0 Å². The Morgan fingerprint density at radius 2 is 1.83 bits per heavy atom. The Bertz CT molecular complexity index is 810. The van der Waals surface area contributed by atoms with Gasteiger partial charge in [0.05, 0.1) is 6.04 Å². The monoisotopic (exact) mass is 343 g/mol. The van der Waals surface area contributed by atoms with Crippen LogP contribution < -0.4 is 5.32 Å². The molecule has 2 aromatic carbocycles. The molecule has 0 unspecified atom stereocenters. The largest absolute Gasteiger partial charge is 0.377 e. The topological polar surface area (TPSA) is 12.0 Å². The highest BCUT2D eigenvalue weighted by Crippen LogP contribution is 2.52. The van der Waals surface area contributed by atoms with Crippen molar-refractivity contribution in [3.63, 3.8) is 0 Å². The van der Waals surface area contributed by atoms with Crippen molar-refractivity contribution in [2.24, 2.45) is 5.92 Å². The maximum Gasteiger partial charge on any atom is 0.0568 e. The predicted octanol–water partition coefficient (Wildman–Crippen LogP) is 6.44. The van der Waals surface area contributed by atoms with Gasteiger partial charge in [-0.15, -0.1) is 0 Å². The molecule has 0 saturated heterocycles. The average molecular weight is 344 g/mol. The molecule has 3 atom stereocenters. The summed E-state index contributed by atoms with van der Waals surface area (Å²) in [6, 6.07) is 10.5. The van der Waals surface area contributed by atoms with Gasteiger partial charge in [-0.3, -0.25) is 0 Å². The number of hydrogen-bond donors (Lipinski definition) is 1. The molecule has 1 aliphatic heterocycles. The highest BCUT2D eigenvalue weighted by atomic mass is 35.5. The minimum absolute atomic E-state index is 0.216. The molecule has 0 spiro atoms. The number of halogens is 2. The molecule has 0 bridgehead atoms. The van der Waals surface area contributed by atoms with E-state index in [-0.39, 0.29) is 6.04 Å². The molecule has 0 saturated carbocycles. The Balaban J connectivity index is 1.86. The van der Waals surface area contributed by atoms with Crippen molar-refractivity contribution in [2.45, 2.75) is 32.2 Å². The van der Waals surface area contributed by atoms with Crippen LogP contribution in [0, 0.1) is 19.8 Å². The predicted molar refractivity (Wildman–Crippen MR) is 98.7 cm³/mol. The van der Waals surface area contributed by atoms with E-state index >= 15 is 0 Å². The van der Waals surface area contributed by atoms with Crippen molar-refractivity contribution in [3.8, 4) is 0 Å². The van der Waals surface area contributed by atoms with E-state index in [1.807, 2.05) is 12.1 Å². The number of nitrogens with one attached hydrogen (secondary N) is 1. The third kappa shape index (κ3) is 2.38. The number of benzene rings is 2. The van der Waals surface area contributed by atoms with Crippen molar-refractivity contribution in [2.75, 3.05) is 5.32 Å². The molecular weight excluding hydrogens is 325 g/mol. The van der Waals surface area contributed by atoms with Crippen LogP contribution in [0.25, 0.3) is 0 Å². The van der Waals surface area contributed by atoms with Crippen LogP contribution in [0.2, 0.25) is 10.0 Å². The van der Waals surface area contributed by atoms with Crippen molar-refractivity contribution in [1.82, 2.24) is 0 Å². The summed E-state index contributed by atoms with van der Waals surface area (Å²) >= 11 is 12.6. The molecule has 1 N–H and O–H groups in total. The van der Waals surface area contributed by atoms with Gasteiger partial charge in [0.25, 0.3) is 0 Å². The molecule has 4 rings (SSSR count). The third-order valence-electron chi connectivity index (χ3n) is 5.24. The highest BCUT2D eigenvalue weighted by Gasteiger charge is 2.39. The molecule has 23 heavy (non-hydrogen) atoms. The van der Waals surface area contributed by atoms with Gasteiger partial charge >= 0.3 is 0 Å². The molecule has 0 fully saturated rings. The van der Waals surface area contributed by atoms with Gasteiger partial charge in [-0.1, -0.05) is 53.6 Å². The zero-order valence-corrected chi connectivity index (χ0v) is 14.7. The summed E-state index contributed by atoms with van der Waals surface area (Å²) in [6.45, 7) is 4.38.